The number of rotatable bonds is 7. The fourth-order valence-corrected chi connectivity index (χ4v) is 3.11. The third-order valence-electron chi connectivity index (χ3n) is 3.19. The first-order valence-corrected chi connectivity index (χ1v) is 8.58. The summed E-state index contributed by atoms with van der Waals surface area (Å²) in [5, 5.41) is 0.0701. The summed E-state index contributed by atoms with van der Waals surface area (Å²) in [6.07, 6.45) is 1.67. The van der Waals surface area contributed by atoms with Gasteiger partial charge in [-0.3, -0.25) is 0 Å². The Bertz CT molecular complexity index is 485. The Kier molecular flexibility index (Phi) is 6.30. The van der Waals surface area contributed by atoms with Crippen molar-refractivity contribution in [2.75, 3.05) is 6.54 Å². The summed E-state index contributed by atoms with van der Waals surface area (Å²) in [6, 6.07) is 6.97. The predicted molar refractivity (Wildman–Crippen MR) is 80.3 cm³/mol. The van der Waals surface area contributed by atoms with E-state index >= 15 is 0 Å². The summed E-state index contributed by atoms with van der Waals surface area (Å²) in [6.45, 7) is 6.49. The lowest BCUT2D eigenvalue weighted by Gasteiger charge is -2.17. The quantitative estimate of drug-likeness (QED) is 0.784. The van der Waals surface area contributed by atoms with Crippen molar-refractivity contribution < 1.29 is 8.42 Å². The van der Waals surface area contributed by atoms with E-state index in [2.05, 4.69) is 11.6 Å². The Morgan fingerprint density at radius 2 is 1.79 bits per heavy atom. The summed E-state index contributed by atoms with van der Waals surface area (Å²) >= 11 is 6.22. The molecule has 2 unspecified atom stereocenters. The number of alkyl halides is 1. The monoisotopic (exact) mass is 303 g/mol. The van der Waals surface area contributed by atoms with Crippen LogP contribution in [-0.2, 0) is 10.0 Å². The molecule has 0 spiro atoms. The van der Waals surface area contributed by atoms with Crippen LogP contribution in [0.25, 0.3) is 0 Å². The second-order valence-corrected chi connectivity index (χ2v) is 7.01. The number of halogens is 1. The maximum Gasteiger partial charge on any atom is 0.240 e. The summed E-state index contributed by atoms with van der Waals surface area (Å²) in [4.78, 5) is 0.305. The van der Waals surface area contributed by atoms with E-state index in [0.29, 0.717) is 11.4 Å². The van der Waals surface area contributed by atoms with Gasteiger partial charge in [0.15, 0.2) is 0 Å². The molecule has 0 saturated heterocycles. The first kappa shape index (κ1) is 16.5. The maximum absolute atomic E-state index is 11.9. The molecule has 1 aromatic carbocycles. The second kappa shape index (κ2) is 7.27. The first-order valence-electron chi connectivity index (χ1n) is 6.66. The Morgan fingerprint density at radius 1 is 1.21 bits per heavy atom. The van der Waals surface area contributed by atoms with Gasteiger partial charge in [0.2, 0.25) is 10.0 Å². The largest absolute Gasteiger partial charge is 0.240 e. The van der Waals surface area contributed by atoms with Gasteiger partial charge in [-0.05, 0) is 36.5 Å². The van der Waals surface area contributed by atoms with Crippen LogP contribution < -0.4 is 4.72 Å². The van der Waals surface area contributed by atoms with E-state index in [0.717, 1.165) is 18.4 Å². The molecular formula is C14H22ClNO2S. The number of nitrogens with one attached hydrogen (secondary N) is 1. The molecule has 0 heterocycles. The molecule has 1 aromatic rings. The van der Waals surface area contributed by atoms with Crippen molar-refractivity contribution in [3.05, 3.63) is 29.8 Å². The van der Waals surface area contributed by atoms with Crippen LogP contribution in [0.15, 0.2) is 29.2 Å². The van der Waals surface area contributed by atoms with Crippen molar-refractivity contribution in [2.24, 2.45) is 0 Å². The summed E-state index contributed by atoms with van der Waals surface area (Å²) in [5.74, 6) is 0.215. The van der Waals surface area contributed by atoms with Crippen LogP contribution in [0, 0.1) is 0 Å². The SMILES string of the molecule is CCCNS(=O)(=O)c1ccc(C(C)C(Cl)CC)cc1. The van der Waals surface area contributed by atoms with Crippen LogP contribution in [0.4, 0.5) is 0 Å². The zero-order valence-electron chi connectivity index (χ0n) is 11.7. The van der Waals surface area contributed by atoms with Crippen molar-refractivity contribution in [3.8, 4) is 0 Å². The van der Waals surface area contributed by atoms with Crippen LogP contribution in [0.3, 0.4) is 0 Å². The lowest BCUT2D eigenvalue weighted by atomic mass is 9.96. The molecule has 0 aromatic heterocycles. The highest BCUT2D eigenvalue weighted by atomic mass is 35.5. The summed E-state index contributed by atoms with van der Waals surface area (Å²) in [7, 11) is -3.37. The minimum Gasteiger partial charge on any atom is -0.211 e. The van der Waals surface area contributed by atoms with Crippen molar-refractivity contribution >= 4 is 21.6 Å². The highest BCUT2D eigenvalue weighted by Crippen LogP contribution is 2.26. The van der Waals surface area contributed by atoms with Crippen LogP contribution in [0.1, 0.15) is 45.1 Å². The van der Waals surface area contributed by atoms with E-state index in [1.807, 2.05) is 26.0 Å². The Hall–Kier alpha value is -0.580. The molecule has 1 N–H and O–H groups in total. The Labute approximate surface area is 121 Å². The lowest BCUT2D eigenvalue weighted by molar-refractivity contribution is 0.580. The Morgan fingerprint density at radius 3 is 2.26 bits per heavy atom. The van der Waals surface area contributed by atoms with Crippen LogP contribution in [-0.4, -0.2) is 20.3 Å². The zero-order chi connectivity index (χ0) is 14.5. The van der Waals surface area contributed by atoms with Crippen LogP contribution in [0.2, 0.25) is 0 Å². The van der Waals surface area contributed by atoms with Gasteiger partial charge in [0.25, 0.3) is 0 Å². The molecule has 0 aliphatic heterocycles. The van der Waals surface area contributed by atoms with Crippen molar-refractivity contribution in [1.82, 2.24) is 4.72 Å². The van der Waals surface area contributed by atoms with Crippen LogP contribution in [0.5, 0.6) is 0 Å². The molecule has 0 fully saturated rings. The first-order chi connectivity index (χ1) is 8.92. The van der Waals surface area contributed by atoms with Gasteiger partial charge >= 0.3 is 0 Å². The van der Waals surface area contributed by atoms with E-state index in [9.17, 15) is 8.42 Å². The van der Waals surface area contributed by atoms with Gasteiger partial charge in [-0.2, -0.15) is 0 Å². The molecule has 0 saturated carbocycles. The van der Waals surface area contributed by atoms with Crippen molar-refractivity contribution in [2.45, 2.75) is 49.8 Å². The topological polar surface area (TPSA) is 46.2 Å². The average molecular weight is 304 g/mol. The molecule has 0 amide bonds. The minimum atomic E-state index is -3.37. The number of hydrogen-bond acceptors (Lipinski definition) is 2. The fraction of sp³-hybridized carbons (Fsp3) is 0.571. The van der Waals surface area contributed by atoms with Gasteiger partial charge in [-0.1, -0.05) is 32.9 Å². The fourth-order valence-electron chi connectivity index (χ4n) is 1.83. The zero-order valence-corrected chi connectivity index (χ0v) is 13.3. The molecule has 5 heteroatoms. The van der Waals surface area contributed by atoms with E-state index in [1.54, 1.807) is 12.1 Å². The average Bonchev–Trinajstić information content (AvgIpc) is 2.43. The van der Waals surface area contributed by atoms with Gasteiger partial charge in [0.1, 0.15) is 0 Å². The standard InChI is InChI=1S/C14H22ClNO2S/c1-4-10-16-19(17,18)13-8-6-12(7-9-13)11(3)14(15)5-2/h6-9,11,14,16H,4-5,10H2,1-3H3. The molecule has 0 radical (unpaired) electrons. The highest BCUT2D eigenvalue weighted by molar-refractivity contribution is 7.89. The normalized spacial score (nSPS) is 15.2. The molecule has 0 aliphatic rings. The highest BCUT2D eigenvalue weighted by Gasteiger charge is 2.17. The number of benzene rings is 1. The van der Waals surface area contributed by atoms with Crippen molar-refractivity contribution in [3.63, 3.8) is 0 Å². The summed E-state index contributed by atoms with van der Waals surface area (Å²) in [5.41, 5.74) is 1.07. The van der Waals surface area contributed by atoms with E-state index in [-0.39, 0.29) is 11.3 Å². The molecule has 19 heavy (non-hydrogen) atoms. The van der Waals surface area contributed by atoms with Gasteiger partial charge in [0.05, 0.1) is 4.90 Å². The molecule has 3 nitrogen and oxygen atoms in total. The third kappa shape index (κ3) is 4.48. The Balaban J connectivity index is 2.87. The molecule has 0 bridgehead atoms. The van der Waals surface area contributed by atoms with Gasteiger partial charge in [0, 0.05) is 11.9 Å². The number of sulfonamides is 1. The van der Waals surface area contributed by atoms with Gasteiger partial charge in [-0.15, -0.1) is 11.6 Å². The predicted octanol–water partition coefficient (Wildman–Crippen LogP) is 3.50. The minimum absolute atomic E-state index is 0.0701. The maximum atomic E-state index is 11.9. The third-order valence-corrected chi connectivity index (χ3v) is 5.35. The van der Waals surface area contributed by atoms with E-state index in [4.69, 9.17) is 11.6 Å². The van der Waals surface area contributed by atoms with Crippen LogP contribution >= 0.6 is 11.6 Å². The molecule has 2 atom stereocenters. The molecule has 108 valence electrons. The van der Waals surface area contributed by atoms with Gasteiger partial charge < -0.3 is 0 Å². The second-order valence-electron chi connectivity index (χ2n) is 4.68. The molecule has 1 rings (SSSR count). The van der Waals surface area contributed by atoms with E-state index < -0.39 is 10.0 Å². The number of hydrogen-bond donors (Lipinski definition) is 1. The summed E-state index contributed by atoms with van der Waals surface area (Å²) < 4.78 is 26.4. The molecular weight excluding hydrogens is 282 g/mol. The lowest BCUT2D eigenvalue weighted by Crippen LogP contribution is -2.24. The van der Waals surface area contributed by atoms with Crippen molar-refractivity contribution in [1.29, 1.82) is 0 Å². The van der Waals surface area contributed by atoms with E-state index in [1.165, 1.54) is 0 Å². The van der Waals surface area contributed by atoms with Gasteiger partial charge in [-0.25, -0.2) is 13.1 Å². The smallest absolute Gasteiger partial charge is 0.211 e. The molecule has 0 aliphatic carbocycles.